The first-order chi connectivity index (χ1) is 19.9. The molecular weight excluding hydrogens is 546 g/mol. The highest BCUT2D eigenvalue weighted by molar-refractivity contribution is 5.95. The number of carbonyl (C=O) groups is 5. The minimum atomic E-state index is -1.28. The van der Waals surface area contributed by atoms with Crippen LogP contribution in [0.1, 0.15) is 44.4 Å². The number of rotatable bonds is 16. The number of nitrogens with one attached hydrogen (secondary N) is 5. The summed E-state index contributed by atoms with van der Waals surface area (Å²) in [6, 6.07) is 2.67. The normalized spacial score (nSPS) is 14.1. The highest BCUT2D eigenvalue weighted by Gasteiger charge is 2.31. The first-order valence-corrected chi connectivity index (χ1v) is 13.6. The van der Waals surface area contributed by atoms with Gasteiger partial charge in [0, 0.05) is 48.3 Å². The van der Waals surface area contributed by atoms with Gasteiger partial charge in [0.05, 0.1) is 12.4 Å². The predicted octanol–water partition coefficient (Wildman–Crippen LogP) is 0.453. The number of aromatic nitrogens is 3. The Morgan fingerprint density at radius 2 is 1.57 bits per heavy atom. The Bertz CT molecular complexity index is 1390. The standard InChI is InChI=1S/C28H37N7O7/c1-15(2)9-21(26(39)35-23(28(41)42)11-17-13-30-14-32-17)34-27(40)22(33-25(38)19(29)7-8-24(36)37)10-16-12-31-20-6-4-3-5-18(16)20/h3-6,12-15,19,21-23,31H,7-11,29H2,1-2H3,(H,30,32)(H,33,38)(H,34,40)(H,35,39)(H,36,37)(H,41,42). The van der Waals surface area contributed by atoms with Gasteiger partial charge in [0.15, 0.2) is 0 Å². The molecule has 3 amide bonds. The van der Waals surface area contributed by atoms with Gasteiger partial charge < -0.3 is 41.9 Å². The molecule has 2 heterocycles. The highest BCUT2D eigenvalue weighted by Crippen LogP contribution is 2.19. The topological polar surface area (TPSA) is 232 Å². The van der Waals surface area contributed by atoms with Crippen LogP contribution in [-0.4, -0.2) is 79.0 Å². The predicted molar refractivity (Wildman–Crippen MR) is 152 cm³/mol. The summed E-state index contributed by atoms with van der Waals surface area (Å²) in [7, 11) is 0. The third-order valence-corrected chi connectivity index (χ3v) is 6.67. The average Bonchev–Trinajstić information content (AvgIpc) is 3.60. The van der Waals surface area contributed by atoms with E-state index in [1.165, 1.54) is 12.5 Å². The van der Waals surface area contributed by atoms with Crippen molar-refractivity contribution in [1.29, 1.82) is 0 Å². The molecule has 4 atom stereocenters. The maximum absolute atomic E-state index is 13.6. The number of amides is 3. The van der Waals surface area contributed by atoms with E-state index in [0.29, 0.717) is 5.69 Å². The van der Waals surface area contributed by atoms with Gasteiger partial charge in [-0.25, -0.2) is 9.78 Å². The number of carboxylic acid groups (broad SMARTS) is 2. The fourth-order valence-corrected chi connectivity index (χ4v) is 4.48. The number of nitrogens with zero attached hydrogens (tertiary/aromatic N) is 1. The number of H-pyrrole nitrogens is 2. The fourth-order valence-electron chi connectivity index (χ4n) is 4.48. The van der Waals surface area contributed by atoms with Crippen molar-refractivity contribution in [1.82, 2.24) is 30.9 Å². The van der Waals surface area contributed by atoms with E-state index in [2.05, 4.69) is 30.9 Å². The summed E-state index contributed by atoms with van der Waals surface area (Å²) in [5.74, 6) is -4.51. The number of nitrogens with two attached hydrogens (primary N) is 1. The Kier molecular flexibility index (Phi) is 11.2. The van der Waals surface area contributed by atoms with Crippen LogP contribution in [0.4, 0.5) is 0 Å². The highest BCUT2D eigenvalue weighted by atomic mass is 16.4. The molecule has 9 N–H and O–H groups in total. The van der Waals surface area contributed by atoms with Crippen LogP contribution in [0.25, 0.3) is 10.9 Å². The molecule has 0 bridgehead atoms. The zero-order chi connectivity index (χ0) is 30.8. The third kappa shape index (κ3) is 9.16. The molecule has 42 heavy (non-hydrogen) atoms. The van der Waals surface area contributed by atoms with Crippen LogP contribution in [0.2, 0.25) is 0 Å². The maximum atomic E-state index is 13.6. The molecule has 3 aromatic rings. The van der Waals surface area contributed by atoms with Gasteiger partial charge in [-0.2, -0.15) is 0 Å². The Labute approximate surface area is 241 Å². The second-order valence-corrected chi connectivity index (χ2v) is 10.5. The van der Waals surface area contributed by atoms with Gasteiger partial charge >= 0.3 is 11.9 Å². The zero-order valence-electron chi connectivity index (χ0n) is 23.4. The molecule has 14 heteroatoms. The summed E-state index contributed by atoms with van der Waals surface area (Å²) in [5, 5.41) is 27.2. The van der Waals surface area contributed by atoms with E-state index < -0.39 is 53.8 Å². The van der Waals surface area contributed by atoms with E-state index in [-0.39, 0.29) is 38.0 Å². The van der Waals surface area contributed by atoms with E-state index in [0.717, 1.165) is 16.5 Å². The number of imidazole rings is 1. The molecule has 1 aromatic carbocycles. The average molecular weight is 584 g/mol. The monoisotopic (exact) mass is 583 g/mol. The number of carboxylic acids is 2. The summed E-state index contributed by atoms with van der Waals surface area (Å²) in [5.41, 5.74) is 7.95. The van der Waals surface area contributed by atoms with Crippen LogP contribution in [0.15, 0.2) is 43.0 Å². The number of hydrogen-bond acceptors (Lipinski definition) is 7. The quantitative estimate of drug-likeness (QED) is 0.117. The number of aromatic amines is 2. The van der Waals surface area contributed by atoms with Crippen molar-refractivity contribution in [2.75, 3.05) is 0 Å². The number of benzene rings is 1. The van der Waals surface area contributed by atoms with Gasteiger partial charge in [0.25, 0.3) is 0 Å². The van der Waals surface area contributed by atoms with Crippen LogP contribution >= 0.6 is 0 Å². The molecule has 2 aromatic heterocycles. The van der Waals surface area contributed by atoms with Crippen LogP contribution in [0, 0.1) is 5.92 Å². The molecule has 0 radical (unpaired) electrons. The molecule has 0 aliphatic heterocycles. The van der Waals surface area contributed by atoms with Gasteiger partial charge in [-0.3, -0.25) is 19.2 Å². The first-order valence-electron chi connectivity index (χ1n) is 13.6. The Hall–Kier alpha value is -4.72. The van der Waals surface area contributed by atoms with E-state index in [4.69, 9.17) is 10.8 Å². The Morgan fingerprint density at radius 3 is 2.21 bits per heavy atom. The molecule has 0 spiro atoms. The third-order valence-electron chi connectivity index (χ3n) is 6.67. The lowest BCUT2D eigenvalue weighted by Crippen LogP contribution is -2.58. The van der Waals surface area contributed by atoms with Gasteiger partial charge in [-0.05, 0) is 30.4 Å². The summed E-state index contributed by atoms with van der Waals surface area (Å²) in [4.78, 5) is 72.3. The lowest BCUT2D eigenvalue weighted by Gasteiger charge is -2.26. The van der Waals surface area contributed by atoms with Gasteiger partial charge in [-0.15, -0.1) is 0 Å². The Morgan fingerprint density at radius 1 is 0.905 bits per heavy atom. The van der Waals surface area contributed by atoms with Crippen LogP contribution in [0.5, 0.6) is 0 Å². The smallest absolute Gasteiger partial charge is 0.326 e. The van der Waals surface area contributed by atoms with Crippen LogP contribution < -0.4 is 21.7 Å². The molecular formula is C28H37N7O7. The lowest BCUT2D eigenvalue weighted by molar-refractivity contribution is -0.142. The summed E-state index contributed by atoms with van der Waals surface area (Å²) < 4.78 is 0. The number of carbonyl (C=O) groups excluding carboxylic acids is 3. The Balaban J connectivity index is 1.81. The van der Waals surface area contributed by atoms with Crippen molar-refractivity contribution in [3.63, 3.8) is 0 Å². The number of para-hydroxylation sites is 1. The molecule has 0 fully saturated rings. The van der Waals surface area contributed by atoms with Crippen molar-refractivity contribution < 1.29 is 34.2 Å². The molecule has 0 saturated heterocycles. The minimum Gasteiger partial charge on any atom is -0.481 e. The van der Waals surface area contributed by atoms with Crippen molar-refractivity contribution in [3.05, 3.63) is 54.2 Å². The SMILES string of the molecule is CC(C)CC(NC(=O)C(Cc1c[nH]c2ccccc12)NC(=O)C(N)CCC(=O)O)C(=O)NC(Cc1cnc[nH]1)C(=O)O. The fraction of sp³-hybridized carbons (Fsp3) is 0.429. The molecule has 0 aliphatic rings. The molecule has 3 rings (SSSR count). The van der Waals surface area contributed by atoms with Crippen LogP contribution in [0.3, 0.4) is 0 Å². The van der Waals surface area contributed by atoms with Gasteiger partial charge in [-0.1, -0.05) is 32.0 Å². The van der Waals surface area contributed by atoms with Crippen molar-refractivity contribution in [2.45, 2.75) is 70.1 Å². The van der Waals surface area contributed by atoms with E-state index in [9.17, 15) is 29.1 Å². The molecule has 14 nitrogen and oxygen atoms in total. The molecule has 226 valence electrons. The van der Waals surface area contributed by atoms with E-state index in [1.807, 2.05) is 38.1 Å². The van der Waals surface area contributed by atoms with Crippen molar-refractivity contribution in [3.8, 4) is 0 Å². The van der Waals surface area contributed by atoms with Gasteiger partial charge in [0.2, 0.25) is 17.7 Å². The first kappa shape index (κ1) is 31.8. The lowest BCUT2D eigenvalue weighted by atomic mass is 10.00. The summed E-state index contributed by atoms with van der Waals surface area (Å²) >= 11 is 0. The number of hydrogen-bond donors (Lipinski definition) is 8. The summed E-state index contributed by atoms with van der Waals surface area (Å²) in [6.07, 6.45) is 4.30. The molecule has 4 unspecified atom stereocenters. The van der Waals surface area contributed by atoms with Crippen molar-refractivity contribution >= 4 is 40.6 Å². The zero-order valence-corrected chi connectivity index (χ0v) is 23.4. The van der Waals surface area contributed by atoms with E-state index >= 15 is 0 Å². The maximum Gasteiger partial charge on any atom is 0.326 e. The largest absolute Gasteiger partial charge is 0.481 e. The number of aliphatic carboxylic acids is 2. The molecule has 0 saturated carbocycles. The second-order valence-electron chi connectivity index (χ2n) is 10.5. The second kappa shape index (κ2) is 14.8. The van der Waals surface area contributed by atoms with Crippen LogP contribution in [-0.2, 0) is 36.8 Å². The number of fused-ring (bicyclic) bond motifs is 1. The minimum absolute atomic E-state index is 0.0425. The van der Waals surface area contributed by atoms with Gasteiger partial charge in [0.1, 0.15) is 18.1 Å². The van der Waals surface area contributed by atoms with E-state index in [1.54, 1.807) is 6.20 Å². The summed E-state index contributed by atoms with van der Waals surface area (Å²) in [6.45, 7) is 3.69. The molecule has 0 aliphatic carbocycles. The van der Waals surface area contributed by atoms with Crippen molar-refractivity contribution in [2.24, 2.45) is 11.7 Å².